The molecule has 0 saturated heterocycles. The SMILES string of the molecule is CCCOc1ncnc(OCCc2ccccn2)c1N. The molecule has 0 aliphatic heterocycles. The summed E-state index contributed by atoms with van der Waals surface area (Å²) in [5.74, 6) is 0.719. The highest BCUT2D eigenvalue weighted by Crippen LogP contribution is 2.26. The number of hydrogen-bond donors (Lipinski definition) is 1. The predicted molar refractivity (Wildman–Crippen MR) is 75.7 cm³/mol. The third-order valence-corrected chi connectivity index (χ3v) is 2.58. The van der Waals surface area contributed by atoms with Crippen LogP contribution >= 0.6 is 0 Å². The molecule has 6 heteroatoms. The Morgan fingerprint density at radius 2 is 1.80 bits per heavy atom. The minimum atomic E-state index is 0.335. The van der Waals surface area contributed by atoms with E-state index in [1.165, 1.54) is 6.33 Å². The second-order valence-corrected chi connectivity index (χ2v) is 4.17. The molecule has 0 aliphatic carbocycles. The van der Waals surface area contributed by atoms with Crippen molar-refractivity contribution in [2.24, 2.45) is 0 Å². The van der Waals surface area contributed by atoms with Gasteiger partial charge in [0.05, 0.1) is 13.2 Å². The molecule has 0 fully saturated rings. The molecule has 2 aromatic rings. The number of pyridine rings is 1. The first kappa shape index (κ1) is 14.0. The fourth-order valence-corrected chi connectivity index (χ4v) is 1.59. The van der Waals surface area contributed by atoms with Crippen molar-refractivity contribution < 1.29 is 9.47 Å². The summed E-state index contributed by atoms with van der Waals surface area (Å²) in [6.45, 7) is 3.03. The molecule has 0 bridgehead atoms. The molecule has 0 saturated carbocycles. The zero-order chi connectivity index (χ0) is 14.2. The summed E-state index contributed by atoms with van der Waals surface area (Å²) in [5.41, 5.74) is 7.21. The molecule has 2 aromatic heterocycles. The van der Waals surface area contributed by atoms with Crippen molar-refractivity contribution in [1.82, 2.24) is 15.0 Å². The Morgan fingerprint density at radius 1 is 1.05 bits per heavy atom. The largest absolute Gasteiger partial charge is 0.476 e. The molecule has 0 spiro atoms. The van der Waals surface area contributed by atoms with Crippen molar-refractivity contribution in [1.29, 1.82) is 0 Å². The first-order valence-corrected chi connectivity index (χ1v) is 6.57. The maximum Gasteiger partial charge on any atom is 0.244 e. The number of hydrogen-bond acceptors (Lipinski definition) is 6. The standard InChI is InChI=1S/C14H18N4O2/c1-2-8-19-13-12(15)14(18-10-17-13)20-9-6-11-5-3-4-7-16-11/h3-5,7,10H,2,6,8-9,15H2,1H3. The minimum Gasteiger partial charge on any atom is -0.476 e. The lowest BCUT2D eigenvalue weighted by atomic mass is 10.3. The Labute approximate surface area is 118 Å². The van der Waals surface area contributed by atoms with Gasteiger partial charge in [-0.1, -0.05) is 13.0 Å². The van der Waals surface area contributed by atoms with Crippen LogP contribution in [0, 0.1) is 0 Å². The van der Waals surface area contributed by atoms with E-state index in [9.17, 15) is 0 Å². The topological polar surface area (TPSA) is 83.2 Å². The zero-order valence-electron chi connectivity index (χ0n) is 11.5. The van der Waals surface area contributed by atoms with Gasteiger partial charge in [-0.2, -0.15) is 9.97 Å². The van der Waals surface area contributed by atoms with E-state index in [0.29, 0.717) is 37.1 Å². The lowest BCUT2D eigenvalue weighted by Crippen LogP contribution is -2.08. The van der Waals surface area contributed by atoms with E-state index in [-0.39, 0.29) is 0 Å². The Morgan fingerprint density at radius 3 is 2.45 bits per heavy atom. The number of nitrogens with two attached hydrogens (primary N) is 1. The lowest BCUT2D eigenvalue weighted by molar-refractivity contribution is 0.290. The maximum absolute atomic E-state index is 5.91. The molecule has 106 valence electrons. The maximum atomic E-state index is 5.91. The normalized spacial score (nSPS) is 10.2. The fourth-order valence-electron chi connectivity index (χ4n) is 1.59. The molecule has 0 aromatic carbocycles. The summed E-state index contributed by atoms with van der Waals surface area (Å²) in [6, 6.07) is 5.77. The highest BCUT2D eigenvalue weighted by Gasteiger charge is 2.10. The second kappa shape index (κ2) is 7.28. The molecular weight excluding hydrogens is 256 g/mol. The Kier molecular flexibility index (Phi) is 5.11. The molecule has 0 radical (unpaired) electrons. The van der Waals surface area contributed by atoms with Crippen molar-refractivity contribution >= 4 is 5.69 Å². The molecule has 2 N–H and O–H groups in total. The molecule has 20 heavy (non-hydrogen) atoms. The molecule has 2 heterocycles. The quantitative estimate of drug-likeness (QED) is 0.829. The van der Waals surface area contributed by atoms with E-state index < -0.39 is 0 Å². The lowest BCUT2D eigenvalue weighted by Gasteiger charge is -2.10. The number of rotatable bonds is 7. The van der Waals surface area contributed by atoms with Crippen molar-refractivity contribution in [3.63, 3.8) is 0 Å². The molecule has 0 unspecified atom stereocenters. The molecule has 0 amide bonds. The summed E-state index contributed by atoms with van der Waals surface area (Å²) in [4.78, 5) is 12.2. The van der Waals surface area contributed by atoms with Crippen molar-refractivity contribution in [2.75, 3.05) is 18.9 Å². The molecule has 0 atom stereocenters. The average molecular weight is 274 g/mol. The van der Waals surface area contributed by atoms with Gasteiger partial charge in [-0.15, -0.1) is 0 Å². The van der Waals surface area contributed by atoms with E-state index in [4.69, 9.17) is 15.2 Å². The molecular formula is C14H18N4O2. The van der Waals surface area contributed by atoms with Crippen LogP contribution in [0.15, 0.2) is 30.7 Å². The van der Waals surface area contributed by atoms with Crippen LogP contribution in [0.25, 0.3) is 0 Å². The van der Waals surface area contributed by atoms with Crippen LogP contribution in [0.2, 0.25) is 0 Å². The van der Waals surface area contributed by atoms with Crippen molar-refractivity contribution in [2.45, 2.75) is 19.8 Å². The Balaban J connectivity index is 1.92. The minimum absolute atomic E-state index is 0.335. The van der Waals surface area contributed by atoms with Crippen LogP contribution in [0.5, 0.6) is 11.8 Å². The van der Waals surface area contributed by atoms with Crippen molar-refractivity contribution in [3.8, 4) is 11.8 Å². The molecule has 2 rings (SSSR count). The number of nitrogens with zero attached hydrogens (tertiary/aromatic N) is 3. The van der Waals surface area contributed by atoms with Crippen LogP contribution in [0.1, 0.15) is 19.0 Å². The van der Waals surface area contributed by atoms with Crippen LogP contribution in [-0.4, -0.2) is 28.2 Å². The van der Waals surface area contributed by atoms with Gasteiger partial charge in [0, 0.05) is 18.3 Å². The van der Waals surface area contributed by atoms with Gasteiger partial charge in [-0.3, -0.25) is 4.98 Å². The second-order valence-electron chi connectivity index (χ2n) is 4.17. The first-order valence-electron chi connectivity index (χ1n) is 6.57. The van der Waals surface area contributed by atoms with Crippen LogP contribution in [-0.2, 0) is 6.42 Å². The predicted octanol–water partition coefficient (Wildman–Crippen LogP) is 1.86. The molecule has 6 nitrogen and oxygen atoms in total. The fraction of sp³-hybridized carbons (Fsp3) is 0.357. The summed E-state index contributed by atoms with van der Waals surface area (Å²) in [5, 5.41) is 0. The zero-order valence-corrected chi connectivity index (χ0v) is 11.5. The molecule has 0 aliphatic rings. The Hall–Kier alpha value is -2.37. The average Bonchev–Trinajstić information content (AvgIpc) is 2.49. The summed E-state index contributed by atoms with van der Waals surface area (Å²) >= 11 is 0. The van der Waals surface area contributed by atoms with E-state index >= 15 is 0 Å². The van der Waals surface area contributed by atoms with E-state index in [2.05, 4.69) is 15.0 Å². The van der Waals surface area contributed by atoms with Gasteiger partial charge in [0.15, 0.2) is 5.69 Å². The van der Waals surface area contributed by atoms with E-state index in [1.807, 2.05) is 25.1 Å². The highest BCUT2D eigenvalue weighted by molar-refractivity contribution is 5.55. The van der Waals surface area contributed by atoms with Gasteiger partial charge in [0.2, 0.25) is 11.8 Å². The number of ether oxygens (including phenoxy) is 2. The van der Waals surface area contributed by atoms with Gasteiger partial charge in [-0.05, 0) is 18.6 Å². The summed E-state index contributed by atoms with van der Waals surface area (Å²) in [6.07, 6.45) is 4.72. The summed E-state index contributed by atoms with van der Waals surface area (Å²) in [7, 11) is 0. The van der Waals surface area contributed by atoms with Crippen molar-refractivity contribution in [3.05, 3.63) is 36.4 Å². The Bertz CT molecular complexity index is 534. The van der Waals surface area contributed by atoms with Gasteiger partial charge in [0.25, 0.3) is 0 Å². The van der Waals surface area contributed by atoms with E-state index in [0.717, 1.165) is 12.1 Å². The smallest absolute Gasteiger partial charge is 0.244 e. The first-order chi connectivity index (χ1) is 9.81. The van der Waals surface area contributed by atoms with Gasteiger partial charge in [-0.25, -0.2) is 0 Å². The number of nitrogen functional groups attached to an aromatic ring is 1. The van der Waals surface area contributed by atoms with Crippen LogP contribution < -0.4 is 15.2 Å². The summed E-state index contributed by atoms with van der Waals surface area (Å²) < 4.78 is 11.0. The monoisotopic (exact) mass is 274 g/mol. The third kappa shape index (κ3) is 3.81. The van der Waals surface area contributed by atoms with E-state index in [1.54, 1.807) is 6.20 Å². The van der Waals surface area contributed by atoms with Crippen LogP contribution in [0.4, 0.5) is 5.69 Å². The number of aromatic nitrogens is 3. The highest BCUT2D eigenvalue weighted by atomic mass is 16.5. The van der Waals surface area contributed by atoms with Gasteiger partial charge < -0.3 is 15.2 Å². The third-order valence-electron chi connectivity index (χ3n) is 2.58. The van der Waals surface area contributed by atoms with Crippen LogP contribution in [0.3, 0.4) is 0 Å². The van der Waals surface area contributed by atoms with Gasteiger partial charge >= 0.3 is 0 Å². The van der Waals surface area contributed by atoms with Gasteiger partial charge in [0.1, 0.15) is 6.33 Å². The number of anilines is 1.